The minimum absolute atomic E-state index is 0.566. The van der Waals surface area contributed by atoms with E-state index in [9.17, 15) is 0 Å². The second-order valence-electron chi connectivity index (χ2n) is 6.18. The number of hydrogen-bond acceptors (Lipinski definition) is 2. The third kappa shape index (κ3) is 3.36. The molecular weight excluding hydrogens is 268 g/mol. The molecule has 20 heavy (non-hydrogen) atoms. The highest BCUT2D eigenvalue weighted by atomic mass is 35.5. The van der Waals surface area contributed by atoms with Crippen LogP contribution in [0.3, 0.4) is 0 Å². The van der Waals surface area contributed by atoms with Gasteiger partial charge in [-0.1, -0.05) is 43.0 Å². The Morgan fingerprint density at radius 3 is 2.55 bits per heavy atom. The maximum absolute atomic E-state index is 6.24. The SMILES string of the molecule is Clc1cccc([C@@H](C2CCCCC2)N2CCNCC2)c1. The number of hydrogen-bond donors (Lipinski definition) is 1. The summed E-state index contributed by atoms with van der Waals surface area (Å²) in [4.78, 5) is 2.68. The van der Waals surface area contributed by atoms with E-state index in [1.54, 1.807) is 0 Å². The van der Waals surface area contributed by atoms with E-state index in [2.05, 4.69) is 28.4 Å². The zero-order valence-electron chi connectivity index (χ0n) is 12.2. The van der Waals surface area contributed by atoms with Gasteiger partial charge in [0, 0.05) is 37.2 Å². The van der Waals surface area contributed by atoms with Gasteiger partial charge in [0.05, 0.1) is 0 Å². The van der Waals surface area contributed by atoms with Gasteiger partial charge in [0.25, 0.3) is 0 Å². The van der Waals surface area contributed by atoms with Gasteiger partial charge < -0.3 is 5.32 Å². The lowest BCUT2D eigenvalue weighted by atomic mass is 9.80. The topological polar surface area (TPSA) is 15.3 Å². The Balaban J connectivity index is 1.85. The van der Waals surface area contributed by atoms with E-state index < -0.39 is 0 Å². The summed E-state index contributed by atoms with van der Waals surface area (Å²) in [5, 5.41) is 4.34. The molecule has 2 aliphatic rings. The maximum atomic E-state index is 6.24. The van der Waals surface area contributed by atoms with Crippen LogP contribution in [0, 0.1) is 5.92 Å². The Morgan fingerprint density at radius 2 is 1.85 bits per heavy atom. The van der Waals surface area contributed by atoms with Crippen LogP contribution in [-0.2, 0) is 0 Å². The molecule has 1 N–H and O–H groups in total. The van der Waals surface area contributed by atoms with Crippen molar-refractivity contribution in [2.24, 2.45) is 5.92 Å². The number of halogens is 1. The Hall–Kier alpha value is -0.570. The summed E-state index contributed by atoms with van der Waals surface area (Å²) < 4.78 is 0. The minimum atomic E-state index is 0.566. The van der Waals surface area contributed by atoms with Crippen LogP contribution in [0.2, 0.25) is 5.02 Å². The van der Waals surface area contributed by atoms with Gasteiger partial charge in [-0.2, -0.15) is 0 Å². The lowest BCUT2D eigenvalue weighted by Gasteiger charge is -2.41. The Kier molecular flexibility index (Phi) is 4.98. The van der Waals surface area contributed by atoms with Crippen LogP contribution in [0.4, 0.5) is 0 Å². The van der Waals surface area contributed by atoms with Crippen LogP contribution >= 0.6 is 11.6 Å². The Labute approximate surface area is 127 Å². The molecule has 1 aliphatic carbocycles. The largest absolute Gasteiger partial charge is 0.314 e. The third-order valence-corrected chi connectivity index (χ3v) is 5.07. The lowest BCUT2D eigenvalue weighted by molar-refractivity contribution is 0.103. The predicted octanol–water partition coefficient (Wildman–Crippen LogP) is 3.87. The molecular formula is C17H25ClN2. The lowest BCUT2D eigenvalue weighted by Crippen LogP contribution is -2.47. The first-order valence-corrected chi connectivity index (χ1v) is 8.42. The number of benzene rings is 1. The summed E-state index contributed by atoms with van der Waals surface area (Å²) in [6.45, 7) is 4.55. The molecule has 1 aliphatic heterocycles. The molecule has 0 spiro atoms. The highest BCUT2D eigenvalue weighted by molar-refractivity contribution is 6.30. The van der Waals surface area contributed by atoms with E-state index in [1.165, 1.54) is 37.7 Å². The molecule has 0 amide bonds. The Bertz CT molecular complexity index is 405. The van der Waals surface area contributed by atoms with Crippen LogP contribution in [0.25, 0.3) is 0 Å². The van der Waals surface area contributed by atoms with Crippen molar-refractivity contribution in [2.75, 3.05) is 26.2 Å². The molecule has 1 heterocycles. The fraction of sp³-hybridized carbons (Fsp3) is 0.647. The fourth-order valence-electron chi connectivity index (χ4n) is 3.88. The van der Waals surface area contributed by atoms with Crippen molar-refractivity contribution in [3.8, 4) is 0 Å². The monoisotopic (exact) mass is 292 g/mol. The van der Waals surface area contributed by atoms with Gasteiger partial charge >= 0.3 is 0 Å². The second kappa shape index (κ2) is 6.93. The van der Waals surface area contributed by atoms with Gasteiger partial charge in [0.1, 0.15) is 0 Å². The van der Waals surface area contributed by atoms with Crippen molar-refractivity contribution >= 4 is 11.6 Å². The number of piperazine rings is 1. The maximum Gasteiger partial charge on any atom is 0.0409 e. The number of nitrogens with zero attached hydrogens (tertiary/aromatic N) is 1. The van der Waals surface area contributed by atoms with Gasteiger partial charge in [-0.25, -0.2) is 0 Å². The quantitative estimate of drug-likeness (QED) is 0.910. The molecule has 0 unspecified atom stereocenters. The average molecular weight is 293 g/mol. The van der Waals surface area contributed by atoms with Crippen LogP contribution in [0.5, 0.6) is 0 Å². The molecule has 0 aromatic heterocycles. The predicted molar refractivity (Wildman–Crippen MR) is 85.2 cm³/mol. The Morgan fingerprint density at radius 1 is 1.10 bits per heavy atom. The zero-order valence-corrected chi connectivity index (χ0v) is 12.9. The summed E-state index contributed by atoms with van der Waals surface area (Å²) in [6, 6.07) is 9.11. The van der Waals surface area contributed by atoms with Crippen molar-refractivity contribution in [3.63, 3.8) is 0 Å². The fourth-order valence-corrected chi connectivity index (χ4v) is 4.08. The van der Waals surface area contributed by atoms with E-state index in [0.717, 1.165) is 37.1 Å². The highest BCUT2D eigenvalue weighted by Crippen LogP contribution is 2.39. The third-order valence-electron chi connectivity index (χ3n) is 4.83. The van der Waals surface area contributed by atoms with Crippen molar-refractivity contribution in [1.29, 1.82) is 0 Å². The van der Waals surface area contributed by atoms with Crippen molar-refractivity contribution in [3.05, 3.63) is 34.9 Å². The highest BCUT2D eigenvalue weighted by Gasteiger charge is 2.30. The smallest absolute Gasteiger partial charge is 0.0409 e. The van der Waals surface area contributed by atoms with Gasteiger partial charge in [-0.3, -0.25) is 4.90 Å². The first-order chi connectivity index (χ1) is 9.84. The van der Waals surface area contributed by atoms with Gasteiger partial charge in [0.15, 0.2) is 0 Å². The van der Waals surface area contributed by atoms with Crippen molar-refractivity contribution in [2.45, 2.75) is 38.1 Å². The molecule has 1 saturated heterocycles. The van der Waals surface area contributed by atoms with E-state index >= 15 is 0 Å². The number of rotatable bonds is 3. The second-order valence-corrected chi connectivity index (χ2v) is 6.62. The van der Waals surface area contributed by atoms with Crippen LogP contribution in [-0.4, -0.2) is 31.1 Å². The van der Waals surface area contributed by atoms with Crippen LogP contribution in [0.1, 0.15) is 43.7 Å². The van der Waals surface area contributed by atoms with Gasteiger partial charge in [-0.05, 0) is 36.5 Å². The van der Waals surface area contributed by atoms with E-state index in [-0.39, 0.29) is 0 Å². The summed E-state index contributed by atoms with van der Waals surface area (Å²) in [6.07, 6.45) is 6.96. The summed E-state index contributed by atoms with van der Waals surface area (Å²) in [5.74, 6) is 0.806. The standard InChI is InChI=1S/C17H25ClN2/c18-16-8-4-7-15(13-16)17(14-5-2-1-3-6-14)20-11-9-19-10-12-20/h4,7-8,13-14,17,19H,1-3,5-6,9-12H2/t17-/m1/s1. The zero-order chi connectivity index (χ0) is 13.8. The van der Waals surface area contributed by atoms with E-state index in [0.29, 0.717) is 6.04 Å². The average Bonchev–Trinajstić information content (AvgIpc) is 2.50. The first kappa shape index (κ1) is 14.4. The molecule has 3 heteroatoms. The van der Waals surface area contributed by atoms with E-state index in [4.69, 9.17) is 11.6 Å². The molecule has 1 aromatic rings. The summed E-state index contributed by atoms with van der Waals surface area (Å²) >= 11 is 6.24. The normalized spacial score (nSPS) is 23.6. The molecule has 3 rings (SSSR count). The molecule has 1 aromatic carbocycles. The first-order valence-electron chi connectivity index (χ1n) is 8.05. The van der Waals surface area contributed by atoms with Crippen molar-refractivity contribution < 1.29 is 0 Å². The van der Waals surface area contributed by atoms with Gasteiger partial charge in [0.2, 0.25) is 0 Å². The molecule has 110 valence electrons. The minimum Gasteiger partial charge on any atom is -0.314 e. The van der Waals surface area contributed by atoms with Crippen molar-refractivity contribution in [1.82, 2.24) is 10.2 Å². The van der Waals surface area contributed by atoms with Crippen LogP contribution < -0.4 is 5.32 Å². The number of nitrogens with one attached hydrogen (secondary N) is 1. The molecule has 1 saturated carbocycles. The molecule has 2 nitrogen and oxygen atoms in total. The summed E-state index contributed by atoms with van der Waals surface area (Å²) in [7, 11) is 0. The van der Waals surface area contributed by atoms with E-state index in [1.807, 2.05) is 6.07 Å². The summed E-state index contributed by atoms with van der Waals surface area (Å²) in [5.41, 5.74) is 1.42. The molecule has 0 bridgehead atoms. The molecule has 2 fully saturated rings. The molecule has 0 radical (unpaired) electrons. The molecule has 1 atom stereocenters. The van der Waals surface area contributed by atoms with Gasteiger partial charge in [-0.15, -0.1) is 0 Å². The van der Waals surface area contributed by atoms with Crippen LogP contribution in [0.15, 0.2) is 24.3 Å².